The minimum absolute atomic E-state index is 0.110. The van der Waals surface area contributed by atoms with E-state index in [2.05, 4.69) is 47.2 Å². The van der Waals surface area contributed by atoms with Gasteiger partial charge in [0.2, 0.25) is 0 Å². The molecule has 0 fully saturated rings. The van der Waals surface area contributed by atoms with Gasteiger partial charge in [-0.1, -0.05) is 47.8 Å². The van der Waals surface area contributed by atoms with Gasteiger partial charge >= 0.3 is 5.97 Å². The van der Waals surface area contributed by atoms with Crippen LogP contribution in [0.3, 0.4) is 0 Å². The van der Waals surface area contributed by atoms with Crippen molar-refractivity contribution in [1.82, 2.24) is 5.32 Å². The number of unbranched alkanes of at least 4 members (excludes halogenated alkanes) is 1. The van der Waals surface area contributed by atoms with E-state index in [1.54, 1.807) is 0 Å². The van der Waals surface area contributed by atoms with E-state index in [-0.39, 0.29) is 18.1 Å². The third-order valence-electron chi connectivity index (χ3n) is 3.13. The quantitative estimate of drug-likeness (QED) is 0.773. The lowest BCUT2D eigenvalue weighted by Gasteiger charge is -2.22. The van der Waals surface area contributed by atoms with E-state index in [0.717, 1.165) is 29.3 Å². The molecule has 1 aromatic carbocycles. The molecule has 0 aliphatic rings. The van der Waals surface area contributed by atoms with Gasteiger partial charge in [-0.2, -0.15) is 0 Å². The number of hydrogen-bond donors (Lipinski definition) is 1. The fraction of sp³-hybridized carbons (Fsp3) is 0.533. The Morgan fingerprint density at radius 1 is 1.47 bits per heavy atom. The van der Waals surface area contributed by atoms with Gasteiger partial charge in [-0.15, -0.1) is 0 Å². The number of methoxy groups -OCH3 is 1. The van der Waals surface area contributed by atoms with Crippen molar-refractivity contribution in [2.75, 3.05) is 7.11 Å². The Hall–Kier alpha value is -0.870. The van der Waals surface area contributed by atoms with Crippen LogP contribution in [0.25, 0.3) is 0 Å². The minimum Gasteiger partial charge on any atom is -0.468 e. The molecule has 0 spiro atoms. The van der Waals surface area contributed by atoms with Crippen LogP contribution in [-0.2, 0) is 9.53 Å². The fourth-order valence-electron chi connectivity index (χ4n) is 1.99. The van der Waals surface area contributed by atoms with Gasteiger partial charge in [0.05, 0.1) is 7.11 Å². The second kappa shape index (κ2) is 8.33. The van der Waals surface area contributed by atoms with Crippen molar-refractivity contribution >= 4 is 21.9 Å². The van der Waals surface area contributed by atoms with Crippen molar-refractivity contribution in [2.45, 2.75) is 45.2 Å². The van der Waals surface area contributed by atoms with Crippen molar-refractivity contribution in [3.8, 4) is 0 Å². The Bertz CT molecular complexity index is 409. The second-order valence-corrected chi connectivity index (χ2v) is 5.58. The highest BCUT2D eigenvalue weighted by Crippen LogP contribution is 2.19. The van der Waals surface area contributed by atoms with E-state index in [4.69, 9.17) is 4.74 Å². The molecule has 0 radical (unpaired) electrons. The molecule has 0 aliphatic heterocycles. The van der Waals surface area contributed by atoms with Crippen molar-refractivity contribution in [2.24, 2.45) is 0 Å². The summed E-state index contributed by atoms with van der Waals surface area (Å²) >= 11 is 3.46. The van der Waals surface area contributed by atoms with Gasteiger partial charge in [0.1, 0.15) is 6.04 Å². The minimum atomic E-state index is -0.237. The number of nitrogens with one attached hydrogen (secondary N) is 1. The fourth-order valence-corrected chi connectivity index (χ4v) is 2.41. The van der Waals surface area contributed by atoms with E-state index >= 15 is 0 Å². The largest absolute Gasteiger partial charge is 0.468 e. The first-order valence-corrected chi connectivity index (χ1v) is 7.47. The molecule has 0 amide bonds. The maximum atomic E-state index is 11.8. The number of halogens is 1. The maximum Gasteiger partial charge on any atom is 0.322 e. The molecule has 0 bridgehead atoms. The first kappa shape index (κ1) is 16.2. The van der Waals surface area contributed by atoms with E-state index in [1.165, 1.54) is 7.11 Å². The zero-order valence-corrected chi connectivity index (χ0v) is 13.4. The van der Waals surface area contributed by atoms with Gasteiger partial charge in [-0.3, -0.25) is 10.1 Å². The third-order valence-corrected chi connectivity index (χ3v) is 3.63. The highest BCUT2D eigenvalue weighted by Gasteiger charge is 2.21. The molecule has 106 valence electrons. The van der Waals surface area contributed by atoms with Crippen molar-refractivity contribution in [3.63, 3.8) is 0 Å². The van der Waals surface area contributed by atoms with Crippen LogP contribution in [0.1, 0.15) is 44.7 Å². The lowest BCUT2D eigenvalue weighted by atomic mass is 10.0. The van der Waals surface area contributed by atoms with Gasteiger partial charge in [-0.05, 0) is 31.0 Å². The number of esters is 1. The maximum absolute atomic E-state index is 11.8. The Labute approximate surface area is 123 Å². The van der Waals surface area contributed by atoms with Crippen LogP contribution in [0.4, 0.5) is 0 Å². The van der Waals surface area contributed by atoms with Crippen LogP contribution in [-0.4, -0.2) is 19.1 Å². The number of carbonyl (C=O) groups is 1. The normalized spacial score (nSPS) is 13.9. The molecule has 0 aromatic heterocycles. The van der Waals surface area contributed by atoms with E-state index < -0.39 is 0 Å². The summed E-state index contributed by atoms with van der Waals surface area (Å²) in [5, 5.41) is 3.35. The Morgan fingerprint density at radius 3 is 2.79 bits per heavy atom. The van der Waals surface area contributed by atoms with Crippen LogP contribution >= 0.6 is 15.9 Å². The molecular formula is C15H22BrNO2. The van der Waals surface area contributed by atoms with Gasteiger partial charge in [0.15, 0.2) is 0 Å². The van der Waals surface area contributed by atoms with Gasteiger partial charge in [0.25, 0.3) is 0 Å². The molecule has 0 heterocycles. The van der Waals surface area contributed by atoms with Crippen molar-refractivity contribution in [3.05, 3.63) is 34.3 Å². The molecule has 2 unspecified atom stereocenters. The van der Waals surface area contributed by atoms with Crippen LogP contribution in [0.2, 0.25) is 0 Å². The topological polar surface area (TPSA) is 38.3 Å². The number of carbonyl (C=O) groups excluding carboxylic acids is 1. The van der Waals surface area contributed by atoms with Crippen LogP contribution < -0.4 is 5.32 Å². The van der Waals surface area contributed by atoms with Gasteiger partial charge < -0.3 is 4.74 Å². The lowest BCUT2D eigenvalue weighted by Crippen LogP contribution is -2.39. The Kier molecular flexibility index (Phi) is 7.10. The first-order chi connectivity index (χ1) is 9.08. The van der Waals surface area contributed by atoms with Crippen molar-refractivity contribution < 1.29 is 9.53 Å². The number of rotatable bonds is 7. The summed E-state index contributed by atoms with van der Waals surface area (Å²) in [7, 11) is 1.44. The molecular weight excluding hydrogens is 306 g/mol. The van der Waals surface area contributed by atoms with Crippen LogP contribution in [0, 0.1) is 0 Å². The standard InChI is InChI=1S/C15H22BrNO2/c1-4-5-9-14(15(18)19-3)17-11(2)12-7-6-8-13(16)10-12/h6-8,10-11,14,17H,4-5,9H2,1-3H3. The number of ether oxygens (including phenoxy) is 1. The molecule has 0 aliphatic carbocycles. The van der Waals surface area contributed by atoms with Gasteiger partial charge in [0, 0.05) is 10.5 Å². The number of hydrogen-bond acceptors (Lipinski definition) is 3. The Morgan fingerprint density at radius 2 is 2.21 bits per heavy atom. The first-order valence-electron chi connectivity index (χ1n) is 6.67. The number of benzene rings is 1. The zero-order chi connectivity index (χ0) is 14.3. The lowest BCUT2D eigenvalue weighted by molar-refractivity contribution is -0.143. The van der Waals surface area contributed by atoms with Gasteiger partial charge in [-0.25, -0.2) is 0 Å². The molecule has 1 aromatic rings. The third kappa shape index (κ3) is 5.33. The van der Waals surface area contributed by atoms with E-state index in [0.29, 0.717) is 0 Å². The summed E-state index contributed by atoms with van der Waals surface area (Å²) in [6.45, 7) is 4.18. The molecule has 2 atom stereocenters. The second-order valence-electron chi connectivity index (χ2n) is 4.66. The summed E-state index contributed by atoms with van der Waals surface area (Å²) < 4.78 is 5.90. The molecule has 3 nitrogen and oxygen atoms in total. The van der Waals surface area contributed by atoms with Crippen LogP contribution in [0.15, 0.2) is 28.7 Å². The highest BCUT2D eigenvalue weighted by molar-refractivity contribution is 9.10. The molecule has 0 saturated heterocycles. The average molecular weight is 328 g/mol. The summed E-state index contributed by atoms with van der Waals surface area (Å²) in [4.78, 5) is 11.8. The molecule has 1 N–H and O–H groups in total. The summed E-state index contributed by atoms with van der Waals surface area (Å²) in [5.74, 6) is -0.185. The average Bonchev–Trinajstić information content (AvgIpc) is 2.42. The SMILES string of the molecule is CCCCC(NC(C)c1cccc(Br)c1)C(=O)OC. The Balaban J connectivity index is 2.69. The predicted octanol–water partition coefficient (Wildman–Crippen LogP) is 3.83. The molecule has 0 saturated carbocycles. The van der Waals surface area contributed by atoms with E-state index in [1.807, 2.05) is 12.1 Å². The van der Waals surface area contributed by atoms with E-state index in [9.17, 15) is 4.79 Å². The highest BCUT2D eigenvalue weighted by atomic mass is 79.9. The van der Waals surface area contributed by atoms with Crippen molar-refractivity contribution in [1.29, 1.82) is 0 Å². The summed E-state index contributed by atoms with van der Waals surface area (Å²) in [5.41, 5.74) is 1.15. The molecule has 19 heavy (non-hydrogen) atoms. The summed E-state index contributed by atoms with van der Waals surface area (Å²) in [6.07, 6.45) is 2.89. The smallest absolute Gasteiger partial charge is 0.322 e. The molecule has 1 rings (SSSR count). The zero-order valence-electron chi connectivity index (χ0n) is 11.8. The predicted molar refractivity (Wildman–Crippen MR) is 81.0 cm³/mol. The van der Waals surface area contributed by atoms with Crippen LogP contribution in [0.5, 0.6) is 0 Å². The molecule has 4 heteroatoms. The monoisotopic (exact) mass is 327 g/mol. The summed E-state index contributed by atoms with van der Waals surface area (Å²) in [6, 6.07) is 7.97.